The summed E-state index contributed by atoms with van der Waals surface area (Å²) in [5.74, 6) is 0. The second-order valence-electron chi connectivity index (χ2n) is 1.66. The molecule has 2 heteroatoms. The molecule has 0 spiro atoms. The normalized spacial score (nSPS) is 35.8. The third-order valence-electron chi connectivity index (χ3n) is 1.01. The summed E-state index contributed by atoms with van der Waals surface area (Å²) in [4.78, 5) is 0. The van der Waals surface area contributed by atoms with Crippen molar-refractivity contribution in [2.45, 2.75) is 10.1 Å². The first kappa shape index (κ1) is 6.26. The zero-order valence-electron chi connectivity index (χ0n) is 4.22. The van der Waals surface area contributed by atoms with Crippen molar-refractivity contribution in [2.75, 3.05) is 0 Å². The van der Waals surface area contributed by atoms with E-state index in [0.29, 0.717) is 0 Å². The van der Waals surface area contributed by atoms with Crippen molar-refractivity contribution in [1.29, 1.82) is 0 Å². The molecule has 8 heavy (non-hydrogen) atoms. The van der Waals surface area contributed by atoms with Crippen LogP contribution in [0.4, 0.5) is 4.39 Å². The van der Waals surface area contributed by atoms with Gasteiger partial charge in [-0.25, -0.2) is 4.39 Å². The van der Waals surface area contributed by atoms with E-state index in [9.17, 15) is 4.39 Å². The van der Waals surface area contributed by atoms with E-state index in [1.54, 1.807) is 12.2 Å². The molecule has 0 saturated carbocycles. The van der Waals surface area contributed by atoms with E-state index in [1.165, 1.54) is 0 Å². The monoisotopic (exact) mass is 224 g/mol. The van der Waals surface area contributed by atoms with Crippen molar-refractivity contribution in [3.8, 4) is 0 Å². The van der Waals surface area contributed by atoms with Gasteiger partial charge in [0.25, 0.3) is 0 Å². The number of hydrogen-bond acceptors (Lipinski definition) is 0. The van der Waals surface area contributed by atoms with Crippen LogP contribution in [0.1, 0.15) is 0 Å². The second-order valence-corrected chi connectivity index (χ2v) is 3.10. The fourth-order valence-electron chi connectivity index (χ4n) is 0.553. The van der Waals surface area contributed by atoms with E-state index < -0.39 is 6.17 Å². The Bertz CT molecular complexity index is 112. The van der Waals surface area contributed by atoms with Crippen LogP contribution in [-0.2, 0) is 0 Å². The Morgan fingerprint density at radius 3 is 2.25 bits per heavy atom. The molecule has 0 aromatic rings. The second kappa shape index (κ2) is 2.62. The van der Waals surface area contributed by atoms with E-state index in [-0.39, 0.29) is 3.92 Å². The number of allylic oxidation sites excluding steroid dienone is 4. The molecule has 0 heterocycles. The minimum atomic E-state index is -0.777. The van der Waals surface area contributed by atoms with Crippen molar-refractivity contribution in [1.82, 2.24) is 0 Å². The summed E-state index contributed by atoms with van der Waals surface area (Å²) in [5, 5.41) is 0. The van der Waals surface area contributed by atoms with Gasteiger partial charge in [0.1, 0.15) is 6.17 Å². The predicted octanol–water partition coefficient (Wildman–Crippen LogP) is 2.25. The molecule has 0 nitrogen and oxygen atoms in total. The van der Waals surface area contributed by atoms with Gasteiger partial charge in [-0.1, -0.05) is 40.8 Å². The summed E-state index contributed by atoms with van der Waals surface area (Å²) in [5.41, 5.74) is 0. The molecule has 0 saturated heterocycles. The van der Waals surface area contributed by atoms with Crippen LogP contribution in [0.2, 0.25) is 0 Å². The third kappa shape index (κ3) is 1.31. The molecular weight excluding hydrogens is 218 g/mol. The van der Waals surface area contributed by atoms with Crippen molar-refractivity contribution < 1.29 is 4.39 Å². The van der Waals surface area contributed by atoms with Gasteiger partial charge in [-0.15, -0.1) is 0 Å². The van der Waals surface area contributed by atoms with Crippen LogP contribution in [0.25, 0.3) is 0 Å². The Balaban J connectivity index is 2.59. The van der Waals surface area contributed by atoms with Crippen LogP contribution in [0.5, 0.6) is 0 Å². The van der Waals surface area contributed by atoms with E-state index in [0.717, 1.165) is 0 Å². The Hall–Kier alpha value is 0.140. The van der Waals surface area contributed by atoms with Gasteiger partial charge in [0.05, 0.1) is 3.92 Å². The largest absolute Gasteiger partial charge is 0.241 e. The van der Waals surface area contributed by atoms with Crippen molar-refractivity contribution in [2.24, 2.45) is 0 Å². The molecule has 0 fully saturated rings. The highest BCUT2D eigenvalue weighted by molar-refractivity contribution is 14.1. The summed E-state index contributed by atoms with van der Waals surface area (Å²) in [6, 6.07) is 0. The maximum Gasteiger partial charge on any atom is 0.134 e. The molecule has 0 bridgehead atoms. The topological polar surface area (TPSA) is 0 Å². The van der Waals surface area contributed by atoms with Crippen molar-refractivity contribution in [3.05, 3.63) is 24.3 Å². The van der Waals surface area contributed by atoms with Gasteiger partial charge in [0.2, 0.25) is 0 Å². The van der Waals surface area contributed by atoms with Crippen LogP contribution in [0.15, 0.2) is 24.3 Å². The average molecular weight is 224 g/mol. The Morgan fingerprint density at radius 2 is 1.88 bits per heavy atom. The van der Waals surface area contributed by atoms with Crippen molar-refractivity contribution in [3.63, 3.8) is 0 Å². The fraction of sp³-hybridized carbons (Fsp3) is 0.333. The SMILES string of the molecule is FC1C=CC=CC1I. The van der Waals surface area contributed by atoms with E-state index in [1.807, 2.05) is 12.2 Å². The quantitative estimate of drug-likeness (QED) is 0.437. The summed E-state index contributed by atoms with van der Waals surface area (Å²) >= 11 is 2.07. The lowest BCUT2D eigenvalue weighted by atomic mass is 10.2. The highest BCUT2D eigenvalue weighted by atomic mass is 127. The summed E-state index contributed by atoms with van der Waals surface area (Å²) in [6.07, 6.45) is 6.25. The average Bonchev–Trinajstić information content (AvgIpc) is 1.77. The van der Waals surface area contributed by atoms with Crippen LogP contribution in [0.3, 0.4) is 0 Å². The molecule has 0 radical (unpaired) electrons. The minimum Gasteiger partial charge on any atom is -0.241 e. The van der Waals surface area contributed by atoms with Crippen LogP contribution < -0.4 is 0 Å². The zero-order chi connectivity index (χ0) is 5.98. The predicted molar refractivity (Wildman–Crippen MR) is 41.0 cm³/mol. The van der Waals surface area contributed by atoms with Crippen LogP contribution in [0, 0.1) is 0 Å². The molecule has 0 aromatic carbocycles. The standard InChI is InChI=1S/C6H6FI/c7-5-3-1-2-4-6(5)8/h1-6H. The van der Waals surface area contributed by atoms with Crippen LogP contribution >= 0.6 is 22.6 Å². The van der Waals surface area contributed by atoms with E-state index in [2.05, 4.69) is 22.6 Å². The molecule has 0 aromatic heterocycles. The van der Waals surface area contributed by atoms with Crippen molar-refractivity contribution >= 4 is 22.6 Å². The van der Waals surface area contributed by atoms with Gasteiger partial charge in [0.15, 0.2) is 0 Å². The molecule has 0 amide bonds. The van der Waals surface area contributed by atoms with E-state index >= 15 is 0 Å². The van der Waals surface area contributed by atoms with Gasteiger partial charge in [0, 0.05) is 0 Å². The first-order chi connectivity index (χ1) is 3.80. The number of rotatable bonds is 0. The molecule has 2 atom stereocenters. The summed E-state index contributed by atoms with van der Waals surface area (Å²) < 4.78 is 12.5. The molecular formula is C6H6FI. The molecule has 2 unspecified atom stereocenters. The maximum absolute atomic E-state index is 12.4. The molecule has 0 aliphatic heterocycles. The lowest BCUT2D eigenvalue weighted by Gasteiger charge is -2.08. The Morgan fingerprint density at radius 1 is 1.25 bits per heavy atom. The molecule has 1 rings (SSSR count). The first-order valence-electron chi connectivity index (χ1n) is 2.44. The summed E-state index contributed by atoms with van der Waals surface area (Å²) in [7, 11) is 0. The molecule has 44 valence electrons. The lowest BCUT2D eigenvalue weighted by Crippen LogP contribution is -2.11. The fourth-order valence-corrected chi connectivity index (χ4v) is 1.03. The minimum absolute atomic E-state index is 0.0394. The maximum atomic E-state index is 12.4. The van der Waals surface area contributed by atoms with Crippen LogP contribution in [-0.4, -0.2) is 10.1 Å². The summed E-state index contributed by atoms with van der Waals surface area (Å²) in [6.45, 7) is 0. The number of halogens is 2. The van der Waals surface area contributed by atoms with Gasteiger partial charge < -0.3 is 0 Å². The third-order valence-corrected chi connectivity index (χ3v) is 2.11. The van der Waals surface area contributed by atoms with Gasteiger partial charge in [-0.3, -0.25) is 0 Å². The number of alkyl halides is 2. The van der Waals surface area contributed by atoms with Gasteiger partial charge >= 0.3 is 0 Å². The Labute approximate surface area is 61.6 Å². The van der Waals surface area contributed by atoms with Gasteiger partial charge in [-0.2, -0.15) is 0 Å². The Kier molecular flexibility index (Phi) is 2.05. The number of hydrogen-bond donors (Lipinski definition) is 0. The van der Waals surface area contributed by atoms with E-state index in [4.69, 9.17) is 0 Å². The molecule has 1 aliphatic rings. The highest BCUT2D eigenvalue weighted by Gasteiger charge is 2.12. The first-order valence-corrected chi connectivity index (χ1v) is 3.68. The molecule has 1 aliphatic carbocycles. The smallest absolute Gasteiger partial charge is 0.134 e. The molecule has 0 N–H and O–H groups in total. The zero-order valence-corrected chi connectivity index (χ0v) is 6.38. The van der Waals surface area contributed by atoms with Gasteiger partial charge in [-0.05, 0) is 6.08 Å². The highest BCUT2D eigenvalue weighted by Crippen LogP contribution is 2.16. The lowest BCUT2D eigenvalue weighted by molar-refractivity contribution is 0.415.